The largest absolute Gasteiger partial charge is 0.352 e. The highest BCUT2D eigenvalue weighted by Gasteiger charge is 2.48. The number of hydrogen-bond donors (Lipinski definition) is 2. The molecule has 1 amide bonds. The average molecular weight is 262 g/mol. The van der Waals surface area contributed by atoms with Gasteiger partial charge in [-0.1, -0.05) is 0 Å². The van der Waals surface area contributed by atoms with Crippen LogP contribution in [0.5, 0.6) is 0 Å². The molecule has 0 saturated heterocycles. The van der Waals surface area contributed by atoms with Crippen LogP contribution in [0.4, 0.5) is 0 Å². The van der Waals surface area contributed by atoms with E-state index in [0.717, 1.165) is 23.7 Å². The van der Waals surface area contributed by atoms with Crippen LogP contribution >= 0.6 is 0 Å². The Morgan fingerprint density at radius 2 is 1.58 bits per heavy atom. The molecular formula is C16H26N2O. The molecule has 0 radical (unpaired) electrons. The third-order valence-corrected chi connectivity index (χ3v) is 5.99. The minimum atomic E-state index is -0.0110. The van der Waals surface area contributed by atoms with Gasteiger partial charge in [-0.15, -0.1) is 0 Å². The molecule has 3 nitrogen and oxygen atoms in total. The van der Waals surface area contributed by atoms with Crippen LogP contribution in [-0.4, -0.2) is 24.0 Å². The van der Waals surface area contributed by atoms with Gasteiger partial charge in [-0.3, -0.25) is 4.79 Å². The number of rotatable bonds is 4. The number of carbonyl (C=O) groups is 1. The Kier molecular flexibility index (Phi) is 2.87. The lowest BCUT2D eigenvalue weighted by Crippen LogP contribution is -2.58. The number of carbonyl (C=O) groups excluding carboxylic acids is 1. The second-order valence-corrected chi connectivity index (χ2v) is 7.63. The van der Waals surface area contributed by atoms with Crippen molar-refractivity contribution < 1.29 is 4.79 Å². The van der Waals surface area contributed by atoms with E-state index in [1.165, 1.54) is 44.9 Å². The Hall–Kier alpha value is -0.570. The van der Waals surface area contributed by atoms with Gasteiger partial charge in [0.2, 0.25) is 5.91 Å². The van der Waals surface area contributed by atoms with E-state index in [1.807, 2.05) is 6.92 Å². The normalized spacial score (nSPS) is 45.2. The van der Waals surface area contributed by atoms with Crippen molar-refractivity contribution >= 4 is 5.91 Å². The van der Waals surface area contributed by atoms with Crippen LogP contribution < -0.4 is 10.6 Å². The van der Waals surface area contributed by atoms with Gasteiger partial charge in [-0.05, 0) is 75.5 Å². The van der Waals surface area contributed by atoms with Crippen LogP contribution in [0.25, 0.3) is 0 Å². The Balaban J connectivity index is 1.38. The van der Waals surface area contributed by atoms with Crippen molar-refractivity contribution in [2.45, 2.75) is 70.0 Å². The Morgan fingerprint density at radius 1 is 1.00 bits per heavy atom. The van der Waals surface area contributed by atoms with E-state index >= 15 is 0 Å². The second-order valence-electron chi connectivity index (χ2n) is 7.63. The molecule has 2 N–H and O–H groups in total. The molecule has 5 fully saturated rings. The van der Waals surface area contributed by atoms with Crippen molar-refractivity contribution in [3.63, 3.8) is 0 Å². The van der Waals surface area contributed by atoms with Gasteiger partial charge in [0.15, 0.2) is 0 Å². The Labute approximate surface area is 115 Å². The van der Waals surface area contributed by atoms with Crippen LogP contribution in [0.3, 0.4) is 0 Å². The molecule has 0 aromatic carbocycles. The molecule has 5 aliphatic carbocycles. The van der Waals surface area contributed by atoms with Gasteiger partial charge in [0, 0.05) is 12.1 Å². The second kappa shape index (κ2) is 4.47. The SMILES string of the molecule is C[C@H](NC1C2CC3CC(C2)CC1C3)C(=O)NC1CC1. The predicted octanol–water partition coefficient (Wildman–Crippen LogP) is 2.07. The summed E-state index contributed by atoms with van der Waals surface area (Å²) < 4.78 is 0. The first kappa shape index (κ1) is 12.2. The number of amides is 1. The molecular weight excluding hydrogens is 236 g/mol. The predicted molar refractivity (Wildman–Crippen MR) is 74.6 cm³/mol. The molecule has 0 unspecified atom stereocenters. The lowest BCUT2D eigenvalue weighted by molar-refractivity contribution is -0.124. The summed E-state index contributed by atoms with van der Waals surface area (Å²) in [5.41, 5.74) is 0. The molecule has 4 bridgehead atoms. The molecule has 0 aliphatic heterocycles. The summed E-state index contributed by atoms with van der Waals surface area (Å²) in [5.74, 6) is 3.95. The maximum absolute atomic E-state index is 12.1. The summed E-state index contributed by atoms with van der Waals surface area (Å²) in [6, 6.07) is 1.09. The van der Waals surface area contributed by atoms with E-state index in [4.69, 9.17) is 0 Å². The van der Waals surface area contributed by atoms with E-state index in [-0.39, 0.29) is 11.9 Å². The first-order chi connectivity index (χ1) is 9.19. The van der Waals surface area contributed by atoms with Gasteiger partial charge >= 0.3 is 0 Å². The monoisotopic (exact) mass is 262 g/mol. The molecule has 5 aliphatic rings. The highest BCUT2D eigenvalue weighted by molar-refractivity contribution is 5.81. The maximum atomic E-state index is 12.1. The molecule has 0 heterocycles. The summed E-state index contributed by atoms with van der Waals surface area (Å²) in [6.45, 7) is 2.04. The van der Waals surface area contributed by atoms with E-state index in [9.17, 15) is 4.79 Å². The van der Waals surface area contributed by atoms with Crippen LogP contribution in [0.2, 0.25) is 0 Å². The number of nitrogens with one attached hydrogen (secondary N) is 2. The molecule has 0 aromatic heterocycles. The third kappa shape index (κ3) is 2.31. The zero-order valence-electron chi connectivity index (χ0n) is 11.9. The van der Waals surface area contributed by atoms with Crippen molar-refractivity contribution in [3.8, 4) is 0 Å². The van der Waals surface area contributed by atoms with Crippen molar-refractivity contribution in [2.75, 3.05) is 0 Å². The van der Waals surface area contributed by atoms with Crippen molar-refractivity contribution in [2.24, 2.45) is 23.7 Å². The van der Waals surface area contributed by atoms with Gasteiger partial charge in [-0.25, -0.2) is 0 Å². The molecule has 106 valence electrons. The van der Waals surface area contributed by atoms with E-state index < -0.39 is 0 Å². The van der Waals surface area contributed by atoms with E-state index in [1.54, 1.807) is 0 Å². The van der Waals surface area contributed by atoms with Crippen LogP contribution in [0, 0.1) is 23.7 Å². The van der Waals surface area contributed by atoms with Gasteiger partial charge in [0.25, 0.3) is 0 Å². The molecule has 19 heavy (non-hydrogen) atoms. The Bertz CT molecular complexity index is 349. The van der Waals surface area contributed by atoms with Gasteiger partial charge in [0.05, 0.1) is 6.04 Å². The number of hydrogen-bond acceptors (Lipinski definition) is 2. The third-order valence-electron chi connectivity index (χ3n) is 5.99. The molecule has 0 aromatic rings. The van der Waals surface area contributed by atoms with Gasteiger partial charge in [0.1, 0.15) is 0 Å². The highest BCUT2D eigenvalue weighted by Crippen LogP contribution is 2.53. The standard InChI is InChI=1S/C16H26N2O/c1-9(16(19)18-14-2-3-14)17-15-12-5-10-4-11(7-12)8-13(15)6-10/h9-15,17H,2-8H2,1H3,(H,18,19)/t9-,10?,11?,12?,13?,15?/m0/s1. The fourth-order valence-electron chi connectivity index (χ4n) is 5.12. The zero-order chi connectivity index (χ0) is 13.0. The minimum absolute atomic E-state index is 0.0110. The zero-order valence-corrected chi connectivity index (χ0v) is 11.9. The summed E-state index contributed by atoms with van der Waals surface area (Å²) >= 11 is 0. The molecule has 1 atom stereocenters. The fourth-order valence-corrected chi connectivity index (χ4v) is 5.12. The van der Waals surface area contributed by atoms with Crippen LogP contribution in [-0.2, 0) is 4.79 Å². The molecule has 5 saturated carbocycles. The van der Waals surface area contributed by atoms with Crippen LogP contribution in [0.1, 0.15) is 51.9 Å². The summed E-state index contributed by atoms with van der Waals surface area (Å²) in [4.78, 5) is 12.1. The lowest BCUT2D eigenvalue weighted by atomic mass is 9.54. The highest BCUT2D eigenvalue weighted by atomic mass is 16.2. The van der Waals surface area contributed by atoms with Gasteiger partial charge < -0.3 is 10.6 Å². The first-order valence-electron chi connectivity index (χ1n) is 8.25. The summed E-state index contributed by atoms with van der Waals surface area (Å²) in [5, 5.41) is 6.81. The Morgan fingerprint density at radius 3 is 2.11 bits per heavy atom. The summed E-state index contributed by atoms with van der Waals surface area (Å²) in [6.07, 6.45) is 9.52. The van der Waals surface area contributed by atoms with Gasteiger partial charge in [-0.2, -0.15) is 0 Å². The summed E-state index contributed by atoms with van der Waals surface area (Å²) in [7, 11) is 0. The molecule has 5 rings (SSSR count). The minimum Gasteiger partial charge on any atom is -0.352 e. The maximum Gasteiger partial charge on any atom is 0.237 e. The smallest absolute Gasteiger partial charge is 0.237 e. The van der Waals surface area contributed by atoms with Crippen molar-refractivity contribution in [3.05, 3.63) is 0 Å². The van der Waals surface area contributed by atoms with E-state index in [0.29, 0.717) is 12.1 Å². The quantitative estimate of drug-likeness (QED) is 0.814. The van der Waals surface area contributed by atoms with Crippen molar-refractivity contribution in [1.29, 1.82) is 0 Å². The molecule has 3 heteroatoms. The first-order valence-corrected chi connectivity index (χ1v) is 8.25. The topological polar surface area (TPSA) is 41.1 Å². The van der Waals surface area contributed by atoms with Crippen molar-refractivity contribution in [1.82, 2.24) is 10.6 Å². The van der Waals surface area contributed by atoms with Crippen LogP contribution in [0.15, 0.2) is 0 Å². The lowest BCUT2D eigenvalue weighted by Gasteiger charge is -2.55. The average Bonchev–Trinajstić information content (AvgIpc) is 3.16. The molecule has 0 spiro atoms. The van der Waals surface area contributed by atoms with E-state index in [2.05, 4.69) is 10.6 Å². The fraction of sp³-hybridized carbons (Fsp3) is 0.938.